The van der Waals surface area contributed by atoms with Gasteiger partial charge in [-0.3, -0.25) is 14.0 Å². The number of carbonyl (C=O) groups is 3. The summed E-state index contributed by atoms with van der Waals surface area (Å²) in [5, 5.41) is 2.79. The smallest absolute Gasteiger partial charge is 0.408 e. The number of benzene rings is 1. The number of ether oxygens (including phenoxy) is 3. The van der Waals surface area contributed by atoms with Gasteiger partial charge in [-0.05, 0) is 62.5 Å². The highest BCUT2D eigenvalue weighted by Gasteiger charge is 2.50. The molecule has 278 valence electrons. The van der Waals surface area contributed by atoms with E-state index in [4.69, 9.17) is 19.9 Å². The molecule has 1 aromatic heterocycles. The number of hydrogen-bond donors (Lipinski definition) is 2. The van der Waals surface area contributed by atoms with Crippen molar-refractivity contribution in [1.29, 1.82) is 0 Å². The topological polar surface area (TPSA) is 146 Å². The van der Waals surface area contributed by atoms with Gasteiger partial charge in [0.15, 0.2) is 5.69 Å². The van der Waals surface area contributed by atoms with E-state index in [9.17, 15) is 18.8 Å². The lowest BCUT2D eigenvalue weighted by molar-refractivity contribution is -0.141. The second-order valence-corrected chi connectivity index (χ2v) is 14.6. The van der Waals surface area contributed by atoms with Crippen LogP contribution in [0, 0.1) is 17.3 Å². The zero-order valence-electron chi connectivity index (χ0n) is 30.0. The lowest BCUT2D eigenvalue weighted by atomic mass is 9.83. The zero-order valence-corrected chi connectivity index (χ0v) is 30.0. The third-order valence-corrected chi connectivity index (χ3v) is 9.86. The average Bonchev–Trinajstić information content (AvgIpc) is 3.38. The van der Waals surface area contributed by atoms with Crippen LogP contribution in [0.2, 0.25) is 0 Å². The van der Waals surface area contributed by atoms with E-state index in [0.29, 0.717) is 30.5 Å². The number of aromatic nitrogens is 2. The van der Waals surface area contributed by atoms with Gasteiger partial charge in [-0.15, -0.1) is 0 Å². The van der Waals surface area contributed by atoms with E-state index >= 15 is 8.78 Å². The second-order valence-electron chi connectivity index (χ2n) is 14.6. The van der Waals surface area contributed by atoms with Crippen molar-refractivity contribution in [1.82, 2.24) is 20.2 Å². The van der Waals surface area contributed by atoms with Gasteiger partial charge in [0.2, 0.25) is 17.7 Å². The Bertz CT molecular complexity index is 1500. The molecule has 5 rings (SSSR count). The molecule has 0 unspecified atom stereocenters. The number of nitrogens with one attached hydrogen (secondary N) is 1. The highest BCUT2D eigenvalue weighted by atomic mass is 19.3. The van der Waals surface area contributed by atoms with Gasteiger partial charge in [-0.25, -0.2) is 14.8 Å². The van der Waals surface area contributed by atoms with Crippen LogP contribution < -0.4 is 20.5 Å². The van der Waals surface area contributed by atoms with Gasteiger partial charge in [0.25, 0.3) is 5.92 Å². The summed E-state index contributed by atoms with van der Waals surface area (Å²) in [6.45, 7) is 8.13. The molecule has 2 fully saturated rings. The summed E-state index contributed by atoms with van der Waals surface area (Å²) >= 11 is 0. The number of fused-ring (bicyclic) bond motifs is 5. The molecule has 2 aliphatic heterocycles. The standard InChI is InChI=1S/C34H47F2N5O6.C2H5F/c1-19-25-18-41(26(19)29(37)42)31(43)28(33(2,3)4)40-32(44)47-24-13-9-8-12-20(24)11-7-6-10-16-34(35,36)27-30(46-25)39-23-17-21(45-5)14-15-22(23)38-27;1-2-3/h14-15,17,19-20,24-26,28H,6-13,16,18H2,1-5H3,(H2,37,42)(H,40,44);2H2,1H3/t19-,20-,24-,25+,26+,28-;/m1./s1. The van der Waals surface area contributed by atoms with Crippen molar-refractivity contribution in [2.24, 2.45) is 23.0 Å². The van der Waals surface area contributed by atoms with Crippen molar-refractivity contribution in [3.05, 3.63) is 23.9 Å². The van der Waals surface area contributed by atoms with Gasteiger partial charge >= 0.3 is 6.09 Å². The van der Waals surface area contributed by atoms with Crippen molar-refractivity contribution in [2.45, 2.75) is 123 Å². The highest BCUT2D eigenvalue weighted by Crippen LogP contribution is 2.41. The fourth-order valence-corrected chi connectivity index (χ4v) is 7.17. The number of nitrogens with two attached hydrogens (primary N) is 1. The Kier molecular flexibility index (Phi) is 12.8. The molecule has 0 radical (unpaired) electrons. The molecule has 1 aliphatic carbocycles. The molecule has 11 nitrogen and oxygen atoms in total. The summed E-state index contributed by atoms with van der Waals surface area (Å²) in [5.41, 5.74) is 5.00. The summed E-state index contributed by atoms with van der Waals surface area (Å²) in [5.74, 6) is -5.20. The molecule has 14 heteroatoms. The molecule has 3 heterocycles. The second kappa shape index (κ2) is 16.5. The Balaban J connectivity index is 0.00000181. The van der Waals surface area contributed by atoms with Crippen molar-refractivity contribution < 1.29 is 41.8 Å². The minimum atomic E-state index is -3.37. The fourth-order valence-electron chi connectivity index (χ4n) is 7.17. The summed E-state index contributed by atoms with van der Waals surface area (Å²) in [6, 6.07) is 2.58. The quantitative estimate of drug-likeness (QED) is 0.362. The summed E-state index contributed by atoms with van der Waals surface area (Å²) in [7, 11) is 1.49. The largest absolute Gasteiger partial charge is 0.497 e. The maximum atomic E-state index is 16.0. The molecule has 1 saturated carbocycles. The van der Waals surface area contributed by atoms with Crippen LogP contribution in [0.5, 0.6) is 11.6 Å². The van der Waals surface area contributed by atoms with Crippen molar-refractivity contribution in [2.75, 3.05) is 20.3 Å². The summed E-state index contributed by atoms with van der Waals surface area (Å²) in [4.78, 5) is 50.4. The van der Waals surface area contributed by atoms with Gasteiger partial charge in [0.05, 0.1) is 31.4 Å². The van der Waals surface area contributed by atoms with Crippen LogP contribution in [0.4, 0.5) is 18.0 Å². The molecule has 1 aromatic carbocycles. The molecular weight excluding hydrogens is 655 g/mol. The lowest BCUT2D eigenvalue weighted by Crippen LogP contribution is -2.58. The number of rotatable bonds is 2. The molecule has 50 heavy (non-hydrogen) atoms. The highest BCUT2D eigenvalue weighted by molar-refractivity contribution is 5.92. The van der Waals surface area contributed by atoms with E-state index in [1.165, 1.54) is 18.9 Å². The number of hydrogen-bond acceptors (Lipinski definition) is 8. The van der Waals surface area contributed by atoms with Crippen molar-refractivity contribution in [3.63, 3.8) is 0 Å². The normalized spacial score (nSPS) is 27.8. The Morgan fingerprint density at radius 2 is 1.70 bits per heavy atom. The maximum absolute atomic E-state index is 16.0. The van der Waals surface area contributed by atoms with E-state index in [1.807, 2.05) is 0 Å². The van der Waals surface area contributed by atoms with E-state index in [0.717, 1.165) is 25.7 Å². The molecule has 3 N–H and O–H groups in total. The first-order chi connectivity index (χ1) is 23.6. The van der Waals surface area contributed by atoms with Crippen LogP contribution in [0.1, 0.15) is 98.1 Å². The minimum absolute atomic E-state index is 0.101. The SMILES string of the molecule is CCF.COc1ccc2nc3c(nc2c1)O[C@H]1CN(C(=O)[C@H](C(C)(C)C)NC(=O)O[C@@H]2CCCC[C@H]2CCCCCC3(F)F)[C@H](C(N)=O)[C@@H]1C. The number of nitrogens with zero attached hydrogens (tertiary/aromatic N) is 3. The summed E-state index contributed by atoms with van der Waals surface area (Å²) < 4.78 is 59.8. The number of primary amides is 1. The number of methoxy groups -OCH3 is 1. The molecule has 2 bridgehead atoms. The Morgan fingerprint density at radius 1 is 1.04 bits per heavy atom. The average molecular weight is 708 g/mol. The fraction of sp³-hybridized carbons (Fsp3) is 0.694. The maximum Gasteiger partial charge on any atom is 0.408 e. The number of alkyl halides is 3. The molecule has 6 atom stereocenters. The Morgan fingerprint density at radius 3 is 2.34 bits per heavy atom. The van der Waals surface area contributed by atoms with Crippen molar-refractivity contribution in [3.8, 4) is 11.6 Å². The third-order valence-electron chi connectivity index (χ3n) is 9.86. The van der Waals surface area contributed by atoms with E-state index in [-0.39, 0.29) is 43.1 Å². The van der Waals surface area contributed by atoms with Crippen LogP contribution >= 0.6 is 0 Å². The van der Waals surface area contributed by atoms with Crippen LogP contribution in [-0.4, -0.2) is 77.4 Å². The number of halogens is 3. The number of carbonyl (C=O) groups excluding carboxylic acids is 3. The van der Waals surface area contributed by atoms with Gasteiger partial charge in [-0.2, -0.15) is 8.78 Å². The molecule has 0 spiro atoms. The van der Waals surface area contributed by atoms with Crippen LogP contribution in [0.15, 0.2) is 18.2 Å². The molecule has 3 amide bonds. The predicted octanol–water partition coefficient (Wildman–Crippen LogP) is 6.45. The zero-order chi connectivity index (χ0) is 36.8. The summed E-state index contributed by atoms with van der Waals surface area (Å²) in [6.07, 6.45) is 3.33. The Labute approximate surface area is 292 Å². The monoisotopic (exact) mass is 707 g/mol. The van der Waals surface area contributed by atoms with E-state index in [1.54, 1.807) is 45.9 Å². The molecular formula is C36H52F3N5O6. The molecule has 2 aromatic rings. The van der Waals surface area contributed by atoms with Crippen LogP contribution in [0.3, 0.4) is 0 Å². The van der Waals surface area contributed by atoms with Gasteiger partial charge in [0.1, 0.15) is 30.0 Å². The first-order valence-corrected chi connectivity index (χ1v) is 17.6. The van der Waals surface area contributed by atoms with Gasteiger partial charge in [0, 0.05) is 18.4 Å². The Hall–Kier alpha value is -3.84. The van der Waals surface area contributed by atoms with Crippen LogP contribution in [0.25, 0.3) is 11.0 Å². The molecule has 1 saturated heterocycles. The van der Waals surface area contributed by atoms with E-state index in [2.05, 4.69) is 15.3 Å². The minimum Gasteiger partial charge on any atom is -0.497 e. The number of alkyl carbamates (subject to hydrolysis) is 1. The molecule has 3 aliphatic rings. The lowest BCUT2D eigenvalue weighted by Gasteiger charge is -2.36. The van der Waals surface area contributed by atoms with Gasteiger partial charge < -0.3 is 30.2 Å². The number of amides is 3. The van der Waals surface area contributed by atoms with Crippen molar-refractivity contribution >= 4 is 28.9 Å². The van der Waals surface area contributed by atoms with Gasteiger partial charge in [-0.1, -0.05) is 47.0 Å². The van der Waals surface area contributed by atoms with E-state index < -0.39 is 65.5 Å². The predicted molar refractivity (Wildman–Crippen MR) is 182 cm³/mol. The van der Waals surface area contributed by atoms with Crippen LogP contribution in [-0.2, 0) is 20.2 Å². The first kappa shape index (κ1) is 39.0. The first-order valence-electron chi connectivity index (χ1n) is 17.6. The third kappa shape index (κ3) is 9.08.